The zero-order valence-electron chi connectivity index (χ0n) is 13.4. The highest BCUT2D eigenvalue weighted by Gasteiger charge is 2.17. The monoisotopic (exact) mass is 340 g/mol. The van der Waals surface area contributed by atoms with E-state index in [4.69, 9.17) is 11.6 Å². The molecule has 1 atom stereocenters. The molecule has 0 unspecified atom stereocenters. The van der Waals surface area contributed by atoms with Crippen molar-refractivity contribution in [1.29, 1.82) is 0 Å². The summed E-state index contributed by atoms with van der Waals surface area (Å²) in [7, 11) is 0. The SMILES string of the molecule is C=Cn1c[n+](CC(=O)N[C@H](C)c2ccc(Cl)cc2)c2ccccc21. The minimum atomic E-state index is -0.0804. The van der Waals surface area contributed by atoms with E-state index in [-0.39, 0.29) is 18.5 Å². The summed E-state index contributed by atoms with van der Waals surface area (Å²) in [4.78, 5) is 12.4. The molecule has 0 bridgehead atoms. The first-order chi connectivity index (χ1) is 11.6. The van der Waals surface area contributed by atoms with Crippen LogP contribution in [0, 0.1) is 0 Å². The van der Waals surface area contributed by atoms with Crippen LogP contribution in [-0.2, 0) is 11.3 Å². The molecular formula is C19H19ClN3O+. The Morgan fingerprint density at radius 2 is 2.00 bits per heavy atom. The van der Waals surface area contributed by atoms with Gasteiger partial charge in [0.1, 0.15) is 0 Å². The molecule has 3 rings (SSSR count). The Morgan fingerprint density at radius 1 is 1.29 bits per heavy atom. The van der Waals surface area contributed by atoms with Crippen molar-refractivity contribution in [3.8, 4) is 0 Å². The summed E-state index contributed by atoms with van der Waals surface area (Å²) in [5.41, 5.74) is 3.03. The van der Waals surface area contributed by atoms with Gasteiger partial charge in [-0.1, -0.05) is 42.4 Å². The number of para-hydroxylation sites is 2. The highest BCUT2D eigenvalue weighted by molar-refractivity contribution is 6.30. The molecule has 1 aromatic heterocycles. The Hall–Kier alpha value is -2.59. The molecule has 0 fully saturated rings. The van der Waals surface area contributed by atoms with E-state index < -0.39 is 0 Å². The highest BCUT2D eigenvalue weighted by Crippen LogP contribution is 2.16. The lowest BCUT2D eigenvalue weighted by Crippen LogP contribution is -2.42. The topological polar surface area (TPSA) is 37.9 Å². The maximum Gasteiger partial charge on any atom is 0.262 e. The molecule has 24 heavy (non-hydrogen) atoms. The molecule has 122 valence electrons. The average Bonchev–Trinajstić information content (AvgIpc) is 2.93. The van der Waals surface area contributed by atoms with Crippen molar-refractivity contribution in [1.82, 2.24) is 9.88 Å². The van der Waals surface area contributed by atoms with Crippen LogP contribution < -0.4 is 9.88 Å². The second-order valence-corrected chi connectivity index (χ2v) is 6.10. The molecule has 1 N–H and O–H groups in total. The maximum absolute atomic E-state index is 12.4. The second-order valence-electron chi connectivity index (χ2n) is 5.66. The largest absolute Gasteiger partial charge is 0.346 e. The quantitative estimate of drug-likeness (QED) is 0.708. The van der Waals surface area contributed by atoms with Crippen LogP contribution in [0.25, 0.3) is 17.2 Å². The van der Waals surface area contributed by atoms with Gasteiger partial charge in [-0.15, -0.1) is 0 Å². The van der Waals surface area contributed by atoms with Crippen molar-refractivity contribution in [2.45, 2.75) is 19.5 Å². The summed E-state index contributed by atoms with van der Waals surface area (Å²) in [5.74, 6) is -0.0468. The summed E-state index contributed by atoms with van der Waals surface area (Å²) in [6.07, 6.45) is 3.61. The predicted molar refractivity (Wildman–Crippen MR) is 96.5 cm³/mol. The number of hydrogen-bond donors (Lipinski definition) is 1. The molecule has 0 radical (unpaired) electrons. The average molecular weight is 341 g/mol. The number of nitrogens with one attached hydrogen (secondary N) is 1. The molecule has 0 saturated heterocycles. The standard InChI is InChI=1S/C19H18ClN3O/c1-3-22-13-23(18-7-5-4-6-17(18)22)12-19(24)21-14(2)15-8-10-16(20)11-9-15/h3-11,13-14H,1,12H2,2H3/p+1/t14-/m1/s1. The molecule has 0 aliphatic carbocycles. The number of rotatable bonds is 5. The number of carbonyl (C=O) groups excluding carboxylic acids is 1. The third kappa shape index (κ3) is 3.34. The minimum absolute atomic E-state index is 0.0468. The lowest BCUT2D eigenvalue weighted by molar-refractivity contribution is -0.659. The van der Waals surface area contributed by atoms with E-state index in [1.165, 1.54) is 0 Å². The van der Waals surface area contributed by atoms with Crippen LogP contribution in [-0.4, -0.2) is 10.5 Å². The van der Waals surface area contributed by atoms with Gasteiger partial charge in [0.15, 0.2) is 17.6 Å². The van der Waals surface area contributed by atoms with E-state index in [0.29, 0.717) is 5.02 Å². The third-order valence-corrected chi connectivity index (χ3v) is 4.24. The Labute approximate surface area is 146 Å². The van der Waals surface area contributed by atoms with E-state index in [0.717, 1.165) is 16.6 Å². The summed E-state index contributed by atoms with van der Waals surface area (Å²) in [6.45, 7) is 6.01. The van der Waals surface area contributed by atoms with E-state index in [1.807, 2.05) is 70.9 Å². The van der Waals surface area contributed by atoms with Crippen molar-refractivity contribution in [3.05, 3.63) is 72.0 Å². The van der Waals surface area contributed by atoms with Crippen molar-refractivity contribution < 1.29 is 9.36 Å². The zero-order chi connectivity index (χ0) is 17.1. The minimum Gasteiger partial charge on any atom is -0.346 e. The molecule has 5 heteroatoms. The van der Waals surface area contributed by atoms with Crippen molar-refractivity contribution in [2.24, 2.45) is 0 Å². The van der Waals surface area contributed by atoms with E-state index >= 15 is 0 Å². The van der Waals surface area contributed by atoms with Crippen LogP contribution in [0.4, 0.5) is 0 Å². The smallest absolute Gasteiger partial charge is 0.262 e. The first-order valence-corrected chi connectivity index (χ1v) is 8.12. The van der Waals surface area contributed by atoms with Crippen LogP contribution in [0.1, 0.15) is 18.5 Å². The fourth-order valence-electron chi connectivity index (χ4n) is 2.75. The van der Waals surface area contributed by atoms with Gasteiger partial charge in [-0.25, -0.2) is 9.13 Å². The molecular weight excluding hydrogens is 322 g/mol. The molecule has 1 amide bonds. The van der Waals surface area contributed by atoms with Gasteiger partial charge < -0.3 is 5.32 Å². The Balaban J connectivity index is 1.75. The summed E-state index contributed by atoms with van der Waals surface area (Å²) in [6, 6.07) is 15.3. The van der Waals surface area contributed by atoms with Crippen molar-refractivity contribution in [3.63, 3.8) is 0 Å². The predicted octanol–water partition coefficient (Wildman–Crippen LogP) is 3.56. The van der Waals surface area contributed by atoms with Gasteiger partial charge in [-0.2, -0.15) is 0 Å². The van der Waals surface area contributed by atoms with Gasteiger partial charge in [0, 0.05) is 5.02 Å². The number of amides is 1. The Morgan fingerprint density at radius 3 is 2.71 bits per heavy atom. The normalized spacial score (nSPS) is 12.1. The summed E-state index contributed by atoms with van der Waals surface area (Å²) >= 11 is 5.90. The molecule has 2 aromatic carbocycles. The molecule has 3 aromatic rings. The maximum atomic E-state index is 12.4. The van der Waals surface area contributed by atoms with Crippen LogP contribution in [0.5, 0.6) is 0 Å². The number of halogens is 1. The molecule has 0 aliphatic rings. The van der Waals surface area contributed by atoms with Gasteiger partial charge in [0.05, 0.1) is 12.2 Å². The van der Waals surface area contributed by atoms with Crippen molar-refractivity contribution in [2.75, 3.05) is 0 Å². The van der Waals surface area contributed by atoms with Crippen LogP contribution in [0.15, 0.2) is 61.4 Å². The highest BCUT2D eigenvalue weighted by atomic mass is 35.5. The number of aromatic nitrogens is 2. The summed E-state index contributed by atoms with van der Waals surface area (Å²) < 4.78 is 3.83. The third-order valence-electron chi connectivity index (χ3n) is 3.99. The van der Waals surface area contributed by atoms with E-state index in [9.17, 15) is 4.79 Å². The lowest BCUT2D eigenvalue weighted by atomic mass is 10.1. The molecule has 0 spiro atoms. The van der Waals surface area contributed by atoms with Gasteiger partial charge in [0.2, 0.25) is 6.33 Å². The fraction of sp³-hybridized carbons (Fsp3) is 0.158. The van der Waals surface area contributed by atoms with Crippen LogP contribution in [0.2, 0.25) is 5.02 Å². The van der Waals surface area contributed by atoms with Crippen LogP contribution >= 0.6 is 11.6 Å². The van der Waals surface area contributed by atoms with Gasteiger partial charge in [-0.05, 0) is 36.8 Å². The summed E-state index contributed by atoms with van der Waals surface area (Å²) in [5, 5.41) is 3.70. The first-order valence-electron chi connectivity index (χ1n) is 7.75. The van der Waals surface area contributed by atoms with Gasteiger partial charge in [0.25, 0.3) is 5.91 Å². The number of nitrogens with zero attached hydrogens (tertiary/aromatic N) is 2. The second kappa shape index (κ2) is 6.89. The number of benzene rings is 2. The van der Waals surface area contributed by atoms with Crippen LogP contribution in [0.3, 0.4) is 0 Å². The number of hydrogen-bond acceptors (Lipinski definition) is 1. The van der Waals surface area contributed by atoms with E-state index in [2.05, 4.69) is 11.9 Å². The van der Waals surface area contributed by atoms with Gasteiger partial charge in [-0.3, -0.25) is 4.79 Å². The molecule has 4 nitrogen and oxygen atoms in total. The molecule has 0 saturated carbocycles. The zero-order valence-corrected chi connectivity index (χ0v) is 14.2. The van der Waals surface area contributed by atoms with Gasteiger partial charge >= 0.3 is 0 Å². The first kappa shape index (κ1) is 16.3. The number of imidazole rings is 1. The number of fused-ring (bicyclic) bond motifs is 1. The number of carbonyl (C=O) groups is 1. The fourth-order valence-corrected chi connectivity index (χ4v) is 2.87. The lowest BCUT2D eigenvalue weighted by Gasteiger charge is -2.13. The Bertz CT molecular complexity index is 883. The molecule has 1 heterocycles. The molecule has 0 aliphatic heterocycles. The Kier molecular flexibility index (Phi) is 4.67. The van der Waals surface area contributed by atoms with E-state index in [1.54, 1.807) is 6.20 Å². The van der Waals surface area contributed by atoms with Crippen molar-refractivity contribution >= 4 is 34.7 Å².